The summed E-state index contributed by atoms with van der Waals surface area (Å²) < 4.78 is 0. The molecule has 94 valence electrons. The molecule has 16 heavy (non-hydrogen) atoms. The molecule has 0 saturated carbocycles. The minimum atomic E-state index is -2.25. The Morgan fingerprint density at radius 1 is 1.06 bits per heavy atom. The molecule has 0 radical (unpaired) electrons. The lowest BCUT2D eigenvalue weighted by Crippen LogP contribution is -2.41. The van der Waals surface area contributed by atoms with Gasteiger partial charge < -0.3 is 20.4 Å². The third-order valence-corrected chi connectivity index (χ3v) is 2.22. The highest BCUT2D eigenvalue weighted by Crippen LogP contribution is 2.22. The molecule has 0 fully saturated rings. The number of rotatable bonds is 7. The Kier molecular flexibility index (Phi) is 4.89. The van der Waals surface area contributed by atoms with E-state index >= 15 is 0 Å². The number of carbonyl (C=O) groups is 2. The van der Waals surface area contributed by atoms with Crippen LogP contribution in [0.1, 0.15) is 39.5 Å². The van der Waals surface area contributed by atoms with Crippen LogP contribution < -0.4 is 0 Å². The standard InChI is InChI=1S/C10H18O6/c1-9(2,15)4-3-5-10(16,8(13)14)6-7(11)12/h15-16H,3-6H2,1-2H3,(H,11,12)(H,13,14). The van der Waals surface area contributed by atoms with Crippen LogP contribution in [0.4, 0.5) is 0 Å². The number of carboxylic acids is 2. The van der Waals surface area contributed by atoms with E-state index in [2.05, 4.69) is 0 Å². The molecule has 1 unspecified atom stereocenters. The van der Waals surface area contributed by atoms with E-state index in [1.54, 1.807) is 13.8 Å². The van der Waals surface area contributed by atoms with Crippen molar-refractivity contribution in [3.8, 4) is 0 Å². The van der Waals surface area contributed by atoms with Gasteiger partial charge in [0.1, 0.15) is 0 Å². The molecule has 0 aromatic carbocycles. The minimum Gasteiger partial charge on any atom is -0.481 e. The summed E-state index contributed by atoms with van der Waals surface area (Å²) in [5.41, 5.74) is -3.21. The molecule has 0 bridgehead atoms. The second kappa shape index (κ2) is 5.27. The zero-order valence-electron chi connectivity index (χ0n) is 9.43. The van der Waals surface area contributed by atoms with E-state index in [1.165, 1.54) is 0 Å². The van der Waals surface area contributed by atoms with E-state index < -0.39 is 29.6 Å². The lowest BCUT2D eigenvalue weighted by atomic mass is 9.90. The molecule has 6 heteroatoms. The summed E-state index contributed by atoms with van der Waals surface area (Å²) >= 11 is 0. The Balaban J connectivity index is 4.35. The van der Waals surface area contributed by atoms with Gasteiger partial charge in [-0.05, 0) is 33.1 Å². The van der Waals surface area contributed by atoms with E-state index in [1.807, 2.05) is 0 Å². The van der Waals surface area contributed by atoms with Gasteiger partial charge in [0.25, 0.3) is 0 Å². The molecule has 0 aliphatic carbocycles. The van der Waals surface area contributed by atoms with Gasteiger partial charge in [-0.15, -0.1) is 0 Å². The summed E-state index contributed by atoms with van der Waals surface area (Å²) in [5, 5.41) is 36.2. The van der Waals surface area contributed by atoms with Gasteiger partial charge >= 0.3 is 11.9 Å². The van der Waals surface area contributed by atoms with Crippen molar-refractivity contribution in [2.75, 3.05) is 0 Å². The van der Waals surface area contributed by atoms with E-state index in [0.29, 0.717) is 6.42 Å². The van der Waals surface area contributed by atoms with Crippen LogP contribution in [-0.2, 0) is 9.59 Å². The molecule has 0 rings (SSSR count). The largest absolute Gasteiger partial charge is 0.481 e. The third-order valence-electron chi connectivity index (χ3n) is 2.22. The van der Waals surface area contributed by atoms with Gasteiger partial charge in [0.05, 0.1) is 12.0 Å². The first kappa shape index (κ1) is 14.9. The van der Waals surface area contributed by atoms with E-state index in [9.17, 15) is 19.8 Å². The first-order valence-corrected chi connectivity index (χ1v) is 4.97. The van der Waals surface area contributed by atoms with Crippen molar-refractivity contribution >= 4 is 11.9 Å². The first-order chi connectivity index (χ1) is 7.07. The van der Waals surface area contributed by atoms with E-state index in [-0.39, 0.29) is 12.8 Å². The molecule has 0 aromatic rings. The molecule has 0 heterocycles. The van der Waals surface area contributed by atoms with Gasteiger partial charge in [-0.1, -0.05) is 0 Å². The fourth-order valence-corrected chi connectivity index (χ4v) is 1.33. The van der Waals surface area contributed by atoms with E-state index in [0.717, 1.165) is 0 Å². The predicted molar refractivity (Wildman–Crippen MR) is 55.0 cm³/mol. The second-order valence-electron chi connectivity index (χ2n) is 4.57. The van der Waals surface area contributed by atoms with Gasteiger partial charge in [-0.3, -0.25) is 4.79 Å². The maximum Gasteiger partial charge on any atom is 0.336 e. The maximum atomic E-state index is 10.7. The molecule has 0 saturated heterocycles. The minimum absolute atomic E-state index is 0.196. The highest BCUT2D eigenvalue weighted by Gasteiger charge is 2.38. The Hall–Kier alpha value is -1.14. The van der Waals surface area contributed by atoms with Crippen LogP contribution in [-0.4, -0.2) is 43.6 Å². The molecule has 0 amide bonds. The Bertz CT molecular complexity index is 267. The highest BCUT2D eigenvalue weighted by atomic mass is 16.4. The average molecular weight is 234 g/mol. The zero-order valence-corrected chi connectivity index (χ0v) is 9.43. The molecule has 0 aliphatic heterocycles. The van der Waals surface area contributed by atoms with Crippen molar-refractivity contribution in [1.82, 2.24) is 0 Å². The number of aliphatic hydroxyl groups is 2. The van der Waals surface area contributed by atoms with Crippen LogP contribution in [0.15, 0.2) is 0 Å². The van der Waals surface area contributed by atoms with Gasteiger partial charge in [0.2, 0.25) is 0 Å². The lowest BCUT2D eigenvalue weighted by Gasteiger charge is -2.23. The van der Waals surface area contributed by atoms with Crippen LogP contribution in [0.25, 0.3) is 0 Å². The van der Waals surface area contributed by atoms with Crippen molar-refractivity contribution in [2.24, 2.45) is 0 Å². The zero-order chi connectivity index (χ0) is 13.0. The summed E-state index contributed by atoms with van der Waals surface area (Å²) in [6, 6.07) is 0. The fraction of sp³-hybridized carbons (Fsp3) is 0.800. The molecule has 0 spiro atoms. The molecular weight excluding hydrogens is 216 g/mol. The van der Waals surface area contributed by atoms with Crippen molar-refractivity contribution in [3.05, 3.63) is 0 Å². The first-order valence-electron chi connectivity index (χ1n) is 4.97. The molecule has 4 N–H and O–H groups in total. The van der Waals surface area contributed by atoms with Crippen molar-refractivity contribution in [2.45, 2.75) is 50.7 Å². The maximum absolute atomic E-state index is 10.7. The fourth-order valence-electron chi connectivity index (χ4n) is 1.33. The van der Waals surface area contributed by atoms with Crippen LogP contribution >= 0.6 is 0 Å². The topological polar surface area (TPSA) is 115 Å². The normalized spacial score (nSPS) is 15.5. The van der Waals surface area contributed by atoms with Crippen LogP contribution in [0, 0.1) is 0 Å². The summed E-state index contributed by atoms with van der Waals surface area (Å²) in [5.74, 6) is -2.92. The average Bonchev–Trinajstić information content (AvgIpc) is 1.99. The molecule has 1 atom stereocenters. The van der Waals surface area contributed by atoms with Gasteiger partial charge in [-0.2, -0.15) is 0 Å². The number of hydrogen-bond acceptors (Lipinski definition) is 4. The SMILES string of the molecule is CC(C)(O)CCCC(O)(CC(=O)O)C(=O)O. The summed E-state index contributed by atoms with van der Waals surface area (Å²) in [4.78, 5) is 21.1. The smallest absolute Gasteiger partial charge is 0.336 e. The quantitative estimate of drug-likeness (QED) is 0.501. The van der Waals surface area contributed by atoms with Gasteiger partial charge in [0.15, 0.2) is 5.60 Å². The Morgan fingerprint density at radius 2 is 1.56 bits per heavy atom. The van der Waals surface area contributed by atoms with Crippen molar-refractivity contribution < 1.29 is 30.0 Å². The predicted octanol–water partition coefficient (Wildman–Crippen LogP) is 0.218. The molecule has 0 aliphatic rings. The van der Waals surface area contributed by atoms with Crippen molar-refractivity contribution in [3.63, 3.8) is 0 Å². The Labute approximate surface area is 93.5 Å². The molecule has 0 aromatic heterocycles. The van der Waals surface area contributed by atoms with Crippen LogP contribution in [0.5, 0.6) is 0 Å². The third kappa shape index (κ3) is 5.67. The Morgan fingerprint density at radius 3 is 1.88 bits per heavy atom. The van der Waals surface area contributed by atoms with Crippen LogP contribution in [0.3, 0.4) is 0 Å². The molecule has 6 nitrogen and oxygen atoms in total. The van der Waals surface area contributed by atoms with Crippen molar-refractivity contribution in [1.29, 1.82) is 0 Å². The summed E-state index contributed by atoms with van der Waals surface area (Å²) in [6.45, 7) is 3.12. The van der Waals surface area contributed by atoms with E-state index in [4.69, 9.17) is 10.2 Å². The second-order valence-corrected chi connectivity index (χ2v) is 4.57. The van der Waals surface area contributed by atoms with Gasteiger partial charge in [0, 0.05) is 0 Å². The lowest BCUT2D eigenvalue weighted by molar-refractivity contribution is -0.166. The number of hydrogen-bond donors (Lipinski definition) is 4. The number of carboxylic acid groups (broad SMARTS) is 2. The monoisotopic (exact) mass is 234 g/mol. The summed E-state index contributed by atoms with van der Waals surface area (Å²) in [6.07, 6.45) is -0.505. The highest BCUT2D eigenvalue weighted by molar-refractivity contribution is 5.83. The van der Waals surface area contributed by atoms with Crippen LogP contribution in [0.2, 0.25) is 0 Å². The van der Waals surface area contributed by atoms with Gasteiger partial charge in [-0.25, -0.2) is 4.79 Å². The molecular formula is C10H18O6. The summed E-state index contributed by atoms with van der Waals surface area (Å²) in [7, 11) is 0. The number of aliphatic carboxylic acids is 2.